The lowest BCUT2D eigenvalue weighted by Gasteiger charge is -2.11. The van der Waals surface area contributed by atoms with Gasteiger partial charge in [0.25, 0.3) is 0 Å². The summed E-state index contributed by atoms with van der Waals surface area (Å²) in [5.74, 6) is 1.05. The van der Waals surface area contributed by atoms with Gasteiger partial charge in [-0.15, -0.1) is 0 Å². The second-order valence-electron chi connectivity index (χ2n) is 5.21. The molecule has 5 nitrogen and oxygen atoms in total. The summed E-state index contributed by atoms with van der Waals surface area (Å²) in [5.41, 5.74) is 0. The molecule has 2 fully saturated rings. The molecule has 1 aromatic heterocycles. The number of amides is 1. The maximum Gasteiger partial charge on any atom is 0.371 e. The van der Waals surface area contributed by atoms with Crippen LogP contribution in [0.3, 0.4) is 0 Å². The number of carbonyl (C=O) groups is 2. The van der Waals surface area contributed by atoms with Gasteiger partial charge in [-0.05, 0) is 43.2 Å². The van der Waals surface area contributed by atoms with Crippen molar-refractivity contribution in [2.24, 2.45) is 17.8 Å². The van der Waals surface area contributed by atoms with Gasteiger partial charge < -0.3 is 14.8 Å². The van der Waals surface area contributed by atoms with Gasteiger partial charge in [-0.3, -0.25) is 4.79 Å². The van der Waals surface area contributed by atoms with Crippen LogP contribution < -0.4 is 5.32 Å². The van der Waals surface area contributed by atoms with Crippen LogP contribution in [-0.2, 0) is 11.3 Å². The minimum absolute atomic E-state index is 0.0653. The van der Waals surface area contributed by atoms with Gasteiger partial charge in [0, 0.05) is 5.92 Å². The van der Waals surface area contributed by atoms with Crippen LogP contribution >= 0.6 is 0 Å². The van der Waals surface area contributed by atoms with E-state index in [4.69, 9.17) is 9.52 Å². The van der Waals surface area contributed by atoms with Crippen LogP contribution in [0.4, 0.5) is 0 Å². The maximum atomic E-state index is 11.9. The molecule has 2 N–H and O–H groups in total. The third-order valence-electron chi connectivity index (χ3n) is 3.92. The van der Waals surface area contributed by atoms with E-state index in [0.29, 0.717) is 5.76 Å². The predicted molar refractivity (Wildman–Crippen MR) is 61.8 cm³/mol. The van der Waals surface area contributed by atoms with Gasteiger partial charge in [0.15, 0.2) is 0 Å². The van der Waals surface area contributed by atoms with Crippen molar-refractivity contribution in [2.45, 2.75) is 25.8 Å². The van der Waals surface area contributed by atoms with Gasteiger partial charge in [0.1, 0.15) is 5.76 Å². The summed E-state index contributed by atoms with van der Waals surface area (Å²) in [6.07, 6.45) is 3.31. The summed E-state index contributed by atoms with van der Waals surface area (Å²) >= 11 is 0. The topological polar surface area (TPSA) is 79.5 Å². The molecule has 2 atom stereocenters. The fourth-order valence-corrected chi connectivity index (χ4v) is 2.84. The van der Waals surface area contributed by atoms with Crippen LogP contribution in [0.1, 0.15) is 35.6 Å². The Bertz CT molecular complexity index is 483. The highest BCUT2D eigenvalue weighted by molar-refractivity contribution is 5.84. The third kappa shape index (κ3) is 2.12. The van der Waals surface area contributed by atoms with Crippen LogP contribution in [0.2, 0.25) is 0 Å². The number of furan rings is 1. The highest BCUT2D eigenvalue weighted by Crippen LogP contribution is 2.54. The van der Waals surface area contributed by atoms with E-state index < -0.39 is 5.97 Å². The van der Waals surface area contributed by atoms with Crippen LogP contribution in [0.15, 0.2) is 16.5 Å². The Kier molecular flexibility index (Phi) is 2.61. The first-order valence-corrected chi connectivity index (χ1v) is 6.23. The van der Waals surface area contributed by atoms with Gasteiger partial charge >= 0.3 is 5.97 Å². The Balaban J connectivity index is 1.50. The summed E-state index contributed by atoms with van der Waals surface area (Å²) in [6.45, 7) is 0.262. The monoisotopic (exact) mass is 249 g/mol. The lowest BCUT2D eigenvalue weighted by Crippen LogP contribution is -2.29. The zero-order chi connectivity index (χ0) is 12.7. The van der Waals surface area contributed by atoms with Gasteiger partial charge in [-0.2, -0.15) is 0 Å². The Labute approximate surface area is 104 Å². The molecule has 96 valence electrons. The van der Waals surface area contributed by atoms with Crippen molar-refractivity contribution in [1.29, 1.82) is 0 Å². The standard InChI is InChI=1S/C13H15NO4/c15-12(9-4-7-3-8(7)5-9)14-6-10-1-2-11(18-10)13(16)17/h1-2,7-9H,3-6H2,(H,14,15)(H,16,17). The number of hydrogen-bond acceptors (Lipinski definition) is 3. The molecule has 0 bridgehead atoms. The first-order chi connectivity index (χ1) is 8.63. The van der Waals surface area contributed by atoms with E-state index >= 15 is 0 Å². The van der Waals surface area contributed by atoms with Gasteiger partial charge in [0.2, 0.25) is 11.7 Å². The van der Waals surface area contributed by atoms with Crippen molar-refractivity contribution in [1.82, 2.24) is 5.32 Å². The number of carboxylic acids is 1. The lowest BCUT2D eigenvalue weighted by molar-refractivity contribution is -0.125. The molecular weight excluding hydrogens is 234 g/mol. The third-order valence-corrected chi connectivity index (χ3v) is 3.92. The fourth-order valence-electron chi connectivity index (χ4n) is 2.84. The van der Waals surface area contributed by atoms with Crippen molar-refractivity contribution in [3.05, 3.63) is 23.7 Å². The highest BCUT2D eigenvalue weighted by atomic mass is 16.4. The van der Waals surface area contributed by atoms with Gasteiger partial charge in [0.05, 0.1) is 6.54 Å². The number of aromatic carboxylic acids is 1. The molecule has 1 heterocycles. The van der Waals surface area contributed by atoms with E-state index in [2.05, 4.69) is 5.32 Å². The number of carboxylic acid groups (broad SMARTS) is 1. The molecule has 0 aromatic carbocycles. The molecule has 0 radical (unpaired) electrons. The SMILES string of the molecule is O=C(O)c1ccc(CNC(=O)C2CC3CC3C2)o1. The van der Waals surface area contributed by atoms with E-state index in [-0.39, 0.29) is 24.1 Å². The highest BCUT2D eigenvalue weighted by Gasteiger charge is 2.47. The Morgan fingerprint density at radius 3 is 2.61 bits per heavy atom. The zero-order valence-electron chi connectivity index (χ0n) is 9.89. The van der Waals surface area contributed by atoms with Crippen molar-refractivity contribution in [3.63, 3.8) is 0 Å². The van der Waals surface area contributed by atoms with Crippen LogP contribution in [-0.4, -0.2) is 17.0 Å². The number of nitrogens with one attached hydrogen (secondary N) is 1. The molecule has 1 aromatic rings. The van der Waals surface area contributed by atoms with Crippen LogP contribution in [0.25, 0.3) is 0 Å². The number of carbonyl (C=O) groups excluding carboxylic acids is 1. The maximum absolute atomic E-state index is 11.9. The molecule has 2 saturated carbocycles. The van der Waals surface area contributed by atoms with Crippen molar-refractivity contribution < 1.29 is 19.1 Å². The summed E-state index contributed by atoms with van der Waals surface area (Å²) in [4.78, 5) is 22.5. The van der Waals surface area contributed by atoms with Gasteiger partial charge in [-0.1, -0.05) is 0 Å². The summed E-state index contributed by atoms with van der Waals surface area (Å²) in [6, 6.07) is 2.98. The summed E-state index contributed by atoms with van der Waals surface area (Å²) in [7, 11) is 0. The van der Waals surface area contributed by atoms with Crippen molar-refractivity contribution >= 4 is 11.9 Å². The number of rotatable bonds is 4. The minimum atomic E-state index is -1.09. The predicted octanol–water partition coefficient (Wildman–Crippen LogP) is 1.64. The summed E-state index contributed by atoms with van der Waals surface area (Å²) in [5, 5.41) is 11.5. The quantitative estimate of drug-likeness (QED) is 0.850. The molecule has 1 amide bonds. The minimum Gasteiger partial charge on any atom is -0.475 e. The van der Waals surface area contributed by atoms with Crippen molar-refractivity contribution in [3.8, 4) is 0 Å². The first kappa shape index (κ1) is 11.3. The van der Waals surface area contributed by atoms with Crippen LogP contribution in [0.5, 0.6) is 0 Å². The fraction of sp³-hybridized carbons (Fsp3) is 0.538. The molecule has 3 rings (SSSR count). The Morgan fingerprint density at radius 1 is 1.28 bits per heavy atom. The molecule has 0 saturated heterocycles. The largest absolute Gasteiger partial charge is 0.475 e. The second kappa shape index (κ2) is 4.15. The average molecular weight is 249 g/mol. The average Bonchev–Trinajstić information content (AvgIpc) is 2.82. The molecule has 0 aliphatic heterocycles. The molecule has 2 aliphatic rings. The Morgan fingerprint density at radius 2 is 2.00 bits per heavy atom. The van der Waals surface area contributed by atoms with E-state index in [1.165, 1.54) is 12.5 Å². The molecule has 2 aliphatic carbocycles. The lowest BCUT2D eigenvalue weighted by atomic mass is 10.0. The first-order valence-electron chi connectivity index (χ1n) is 6.23. The Hall–Kier alpha value is -1.78. The smallest absolute Gasteiger partial charge is 0.371 e. The second-order valence-corrected chi connectivity index (χ2v) is 5.21. The number of hydrogen-bond donors (Lipinski definition) is 2. The number of fused-ring (bicyclic) bond motifs is 1. The van der Waals surface area contributed by atoms with E-state index in [1.54, 1.807) is 6.07 Å². The molecule has 0 spiro atoms. The van der Waals surface area contributed by atoms with E-state index in [0.717, 1.165) is 24.7 Å². The zero-order valence-corrected chi connectivity index (χ0v) is 9.89. The molecular formula is C13H15NO4. The molecule has 5 heteroatoms. The van der Waals surface area contributed by atoms with Gasteiger partial charge in [-0.25, -0.2) is 4.79 Å². The molecule has 18 heavy (non-hydrogen) atoms. The normalized spacial score (nSPS) is 28.8. The van der Waals surface area contributed by atoms with Crippen LogP contribution in [0, 0.1) is 17.8 Å². The molecule has 2 unspecified atom stereocenters. The van der Waals surface area contributed by atoms with E-state index in [9.17, 15) is 9.59 Å². The summed E-state index contributed by atoms with van der Waals surface area (Å²) < 4.78 is 5.07. The van der Waals surface area contributed by atoms with Crippen molar-refractivity contribution in [2.75, 3.05) is 0 Å². The van der Waals surface area contributed by atoms with E-state index in [1.807, 2.05) is 0 Å².